The minimum atomic E-state index is -0.110. The molecule has 0 unspecified atom stereocenters. The van der Waals surface area contributed by atoms with Crippen molar-refractivity contribution in [1.29, 1.82) is 0 Å². The molecule has 4 nitrogen and oxygen atoms in total. The fraction of sp³-hybridized carbons (Fsp3) is 0.500. The van der Waals surface area contributed by atoms with Gasteiger partial charge in [0.2, 0.25) is 5.91 Å². The molecule has 0 fully saturated rings. The molecule has 0 spiro atoms. The number of nitrogens with zero attached hydrogens (tertiary/aromatic N) is 1. The zero-order valence-electron chi connectivity index (χ0n) is 13.0. The van der Waals surface area contributed by atoms with Gasteiger partial charge in [0.15, 0.2) is 0 Å². The van der Waals surface area contributed by atoms with Crippen molar-refractivity contribution in [3.63, 3.8) is 0 Å². The maximum absolute atomic E-state index is 11.6. The number of carbonyl (C=O) groups is 1. The lowest BCUT2D eigenvalue weighted by Gasteiger charge is -2.08. The number of rotatable bonds is 9. The molecule has 0 saturated carbocycles. The van der Waals surface area contributed by atoms with Gasteiger partial charge in [-0.2, -0.15) is 5.10 Å². The Bertz CT molecular complexity index is 519. The molecule has 0 atom stereocenters. The number of benzene rings is 1. The minimum absolute atomic E-state index is 0.110. The van der Waals surface area contributed by atoms with Crippen LogP contribution in [0.5, 0.6) is 5.75 Å². The first-order valence-electron chi connectivity index (χ1n) is 7.42. The van der Waals surface area contributed by atoms with E-state index in [1.807, 2.05) is 6.92 Å². The summed E-state index contributed by atoms with van der Waals surface area (Å²) >= 11 is 11.8. The van der Waals surface area contributed by atoms with Gasteiger partial charge < -0.3 is 4.74 Å². The molecule has 0 aliphatic carbocycles. The standard InChI is InChI=1S/C16H22Cl2N2O2/c1-3-4-6-12(2)19-20-16(21)7-5-10-22-15-9-8-13(17)11-14(15)18/h8-9,11H,3-7,10H2,1-2H3,(H,20,21). The molecular weight excluding hydrogens is 323 g/mol. The summed E-state index contributed by atoms with van der Waals surface area (Å²) in [5, 5.41) is 5.09. The third-order valence-electron chi connectivity index (χ3n) is 2.96. The third-order valence-corrected chi connectivity index (χ3v) is 3.49. The maximum Gasteiger partial charge on any atom is 0.240 e. The molecular formula is C16H22Cl2N2O2. The van der Waals surface area contributed by atoms with Crippen LogP contribution in [-0.4, -0.2) is 18.2 Å². The van der Waals surface area contributed by atoms with Crippen LogP contribution in [0.1, 0.15) is 46.0 Å². The molecule has 1 aromatic rings. The van der Waals surface area contributed by atoms with Gasteiger partial charge in [0.25, 0.3) is 0 Å². The van der Waals surface area contributed by atoms with Crippen molar-refractivity contribution in [3.05, 3.63) is 28.2 Å². The molecule has 6 heteroatoms. The van der Waals surface area contributed by atoms with Gasteiger partial charge in [-0.05, 0) is 44.4 Å². The smallest absolute Gasteiger partial charge is 0.240 e. The number of carbonyl (C=O) groups excluding carboxylic acids is 1. The Morgan fingerprint density at radius 2 is 2.05 bits per heavy atom. The molecule has 0 aliphatic heterocycles. The topological polar surface area (TPSA) is 50.7 Å². The Kier molecular flexibility index (Phi) is 8.94. The summed E-state index contributed by atoms with van der Waals surface area (Å²) in [7, 11) is 0. The fourth-order valence-corrected chi connectivity index (χ4v) is 2.17. The summed E-state index contributed by atoms with van der Waals surface area (Å²) in [6, 6.07) is 5.05. The van der Waals surface area contributed by atoms with Crippen LogP contribution < -0.4 is 10.2 Å². The Labute approximate surface area is 141 Å². The Morgan fingerprint density at radius 1 is 1.27 bits per heavy atom. The second-order valence-corrected chi connectivity index (χ2v) is 5.86. The van der Waals surface area contributed by atoms with E-state index in [0.717, 1.165) is 25.0 Å². The number of hydrazone groups is 1. The largest absolute Gasteiger partial charge is 0.492 e. The van der Waals surface area contributed by atoms with Crippen molar-refractivity contribution in [1.82, 2.24) is 5.43 Å². The molecule has 0 radical (unpaired) electrons. The SMILES string of the molecule is CCCCC(C)=NNC(=O)CCCOc1ccc(Cl)cc1Cl. The highest BCUT2D eigenvalue weighted by Gasteiger charge is 2.04. The van der Waals surface area contributed by atoms with E-state index in [1.54, 1.807) is 18.2 Å². The van der Waals surface area contributed by atoms with Crippen molar-refractivity contribution in [3.8, 4) is 5.75 Å². The number of unbranched alkanes of at least 4 members (excludes halogenated alkanes) is 1. The second kappa shape index (κ2) is 10.5. The Morgan fingerprint density at radius 3 is 2.73 bits per heavy atom. The maximum atomic E-state index is 11.6. The molecule has 0 saturated heterocycles. The van der Waals surface area contributed by atoms with Crippen LogP contribution in [0.3, 0.4) is 0 Å². The van der Waals surface area contributed by atoms with Crippen molar-refractivity contribution in [2.75, 3.05) is 6.61 Å². The first kappa shape index (κ1) is 18.8. The summed E-state index contributed by atoms with van der Waals surface area (Å²) in [6.45, 7) is 4.45. The zero-order valence-corrected chi connectivity index (χ0v) is 14.5. The van der Waals surface area contributed by atoms with Crippen molar-refractivity contribution in [2.45, 2.75) is 46.0 Å². The predicted octanol–water partition coefficient (Wildman–Crippen LogP) is 4.83. The number of halogens is 2. The van der Waals surface area contributed by atoms with Gasteiger partial charge in [-0.1, -0.05) is 36.5 Å². The molecule has 0 aromatic heterocycles. The molecule has 122 valence electrons. The Balaban J connectivity index is 2.22. The first-order valence-corrected chi connectivity index (χ1v) is 8.18. The van der Waals surface area contributed by atoms with Crippen molar-refractivity contribution in [2.24, 2.45) is 5.10 Å². The van der Waals surface area contributed by atoms with E-state index in [-0.39, 0.29) is 5.91 Å². The van der Waals surface area contributed by atoms with Crippen LogP contribution in [0.15, 0.2) is 23.3 Å². The molecule has 0 bridgehead atoms. The van der Waals surface area contributed by atoms with Crippen LogP contribution in [0.25, 0.3) is 0 Å². The van der Waals surface area contributed by atoms with Gasteiger partial charge >= 0.3 is 0 Å². The first-order chi connectivity index (χ1) is 10.5. The fourth-order valence-electron chi connectivity index (χ4n) is 1.71. The average Bonchev–Trinajstić information content (AvgIpc) is 2.49. The lowest BCUT2D eigenvalue weighted by atomic mass is 10.2. The summed E-state index contributed by atoms with van der Waals surface area (Å²) in [5.41, 5.74) is 3.50. The highest BCUT2D eigenvalue weighted by Crippen LogP contribution is 2.27. The number of ether oxygens (including phenoxy) is 1. The highest BCUT2D eigenvalue weighted by atomic mass is 35.5. The molecule has 1 rings (SSSR count). The lowest BCUT2D eigenvalue weighted by Crippen LogP contribution is -2.19. The van der Waals surface area contributed by atoms with E-state index < -0.39 is 0 Å². The third kappa shape index (κ3) is 7.66. The number of hydrogen-bond acceptors (Lipinski definition) is 3. The van der Waals surface area contributed by atoms with Gasteiger partial charge in [0.1, 0.15) is 5.75 Å². The van der Waals surface area contributed by atoms with E-state index in [9.17, 15) is 4.79 Å². The van der Waals surface area contributed by atoms with Crippen LogP contribution in [0.4, 0.5) is 0 Å². The van der Waals surface area contributed by atoms with Crippen molar-refractivity contribution >= 4 is 34.8 Å². The van der Waals surface area contributed by atoms with E-state index in [2.05, 4.69) is 17.5 Å². The zero-order chi connectivity index (χ0) is 16.4. The van der Waals surface area contributed by atoms with Gasteiger partial charge in [-0.3, -0.25) is 4.79 Å². The van der Waals surface area contributed by atoms with Gasteiger partial charge in [0, 0.05) is 17.2 Å². The van der Waals surface area contributed by atoms with Gasteiger partial charge in [-0.25, -0.2) is 5.43 Å². The van der Waals surface area contributed by atoms with Gasteiger partial charge in [0.05, 0.1) is 11.6 Å². The monoisotopic (exact) mass is 344 g/mol. The molecule has 0 heterocycles. The van der Waals surface area contributed by atoms with Gasteiger partial charge in [-0.15, -0.1) is 0 Å². The van der Waals surface area contributed by atoms with E-state index in [1.165, 1.54) is 0 Å². The summed E-state index contributed by atoms with van der Waals surface area (Å²) in [4.78, 5) is 11.6. The second-order valence-electron chi connectivity index (χ2n) is 5.01. The summed E-state index contributed by atoms with van der Waals surface area (Å²) in [5.74, 6) is 0.460. The molecule has 1 amide bonds. The Hall–Kier alpha value is -1.26. The van der Waals surface area contributed by atoms with Crippen molar-refractivity contribution < 1.29 is 9.53 Å². The highest BCUT2D eigenvalue weighted by molar-refractivity contribution is 6.35. The van der Waals surface area contributed by atoms with E-state index >= 15 is 0 Å². The average molecular weight is 345 g/mol. The van der Waals surface area contributed by atoms with Crippen LogP contribution in [0, 0.1) is 0 Å². The number of nitrogens with one attached hydrogen (secondary N) is 1. The quantitative estimate of drug-likeness (QED) is 0.396. The van der Waals surface area contributed by atoms with E-state index in [0.29, 0.717) is 35.2 Å². The minimum Gasteiger partial charge on any atom is -0.492 e. The lowest BCUT2D eigenvalue weighted by molar-refractivity contribution is -0.121. The van der Waals surface area contributed by atoms with Crippen LogP contribution >= 0.6 is 23.2 Å². The summed E-state index contributed by atoms with van der Waals surface area (Å²) in [6.07, 6.45) is 4.06. The number of hydrogen-bond donors (Lipinski definition) is 1. The van der Waals surface area contributed by atoms with Crippen LogP contribution in [-0.2, 0) is 4.79 Å². The molecule has 0 aliphatic rings. The normalized spacial score (nSPS) is 11.4. The predicted molar refractivity (Wildman–Crippen MR) is 92.0 cm³/mol. The molecule has 1 N–H and O–H groups in total. The molecule has 1 aromatic carbocycles. The van der Waals surface area contributed by atoms with Crippen LogP contribution in [0.2, 0.25) is 10.0 Å². The summed E-state index contributed by atoms with van der Waals surface area (Å²) < 4.78 is 5.51. The van der Waals surface area contributed by atoms with E-state index in [4.69, 9.17) is 27.9 Å². The number of amides is 1. The molecule has 22 heavy (non-hydrogen) atoms.